The molecule has 19 heavy (non-hydrogen) atoms. The Morgan fingerprint density at radius 3 is 1.68 bits per heavy atom. The zero-order chi connectivity index (χ0) is 14.7. The Bertz CT molecular complexity index is 583. The van der Waals surface area contributed by atoms with Gasteiger partial charge in [-0.25, -0.2) is 0 Å². The predicted octanol–water partition coefficient (Wildman–Crippen LogP) is 5.69. The van der Waals surface area contributed by atoms with Gasteiger partial charge in [-0.2, -0.15) is 0 Å². The molecule has 1 aromatic rings. The van der Waals surface area contributed by atoms with E-state index >= 15 is 0 Å². The third-order valence-electron chi connectivity index (χ3n) is 5.21. The van der Waals surface area contributed by atoms with E-state index in [9.17, 15) is 0 Å². The molecule has 0 radical (unpaired) electrons. The molecule has 0 heterocycles. The zero-order valence-corrected chi connectivity index (χ0v) is 15.1. The van der Waals surface area contributed by atoms with Crippen LogP contribution in [0.3, 0.4) is 0 Å². The first-order chi connectivity index (χ1) is 8.59. The van der Waals surface area contributed by atoms with Crippen LogP contribution in [0.2, 0.25) is 19.6 Å². The molecule has 1 aliphatic rings. The molecule has 0 aliphatic heterocycles. The molecule has 0 spiro atoms. The van der Waals surface area contributed by atoms with Crippen LogP contribution in [-0.2, 0) is 0 Å². The Morgan fingerprint density at radius 1 is 0.737 bits per heavy atom. The van der Waals surface area contributed by atoms with Gasteiger partial charge in [-0.15, -0.1) is 0 Å². The van der Waals surface area contributed by atoms with Crippen LogP contribution < -0.4 is 0 Å². The zero-order valence-electron chi connectivity index (χ0n) is 14.1. The molecule has 1 unspecified atom stereocenters. The van der Waals surface area contributed by atoms with Gasteiger partial charge in [0.2, 0.25) is 0 Å². The maximum absolute atomic E-state index is 2.48. The molecule has 104 valence electrons. The normalized spacial score (nSPS) is 19.1. The molecule has 0 aromatic heterocycles. The standard InChI is InChI=1S/C18H28Si/c1-10-11(2)13(4)17-16(12(10)3)14(5)15(6)18(17)19(7,8)9/h14H,1-9H3. The average Bonchev–Trinajstić information content (AvgIpc) is 2.57. The lowest BCUT2D eigenvalue weighted by molar-refractivity contribution is 0.902. The lowest BCUT2D eigenvalue weighted by Gasteiger charge is -2.25. The van der Waals surface area contributed by atoms with Gasteiger partial charge in [-0.1, -0.05) is 37.3 Å². The summed E-state index contributed by atoms with van der Waals surface area (Å²) in [7, 11) is -1.30. The number of benzene rings is 1. The number of hydrogen-bond acceptors (Lipinski definition) is 0. The minimum absolute atomic E-state index is 0.606. The molecule has 2 rings (SSSR count). The molecule has 0 nitrogen and oxygen atoms in total. The van der Waals surface area contributed by atoms with Crippen molar-refractivity contribution in [3.8, 4) is 0 Å². The van der Waals surface area contributed by atoms with Gasteiger partial charge in [-0.05, 0) is 68.0 Å². The predicted molar refractivity (Wildman–Crippen MR) is 89.7 cm³/mol. The first-order valence-corrected chi connectivity index (χ1v) is 10.9. The van der Waals surface area contributed by atoms with Crippen molar-refractivity contribution in [1.82, 2.24) is 0 Å². The van der Waals surface area contributed by atoms with E-state index in [0.29, 0.717) is 5.92 Å². The Balaban J connectivity index is 2.90. The Hall–Kier alpha value is -0.823. The van der Waals surface area contributed by atoms with Crippen LogP contribution >= 0.6 is 0 Å². The maximum atomic E-state index is 2.48. The molecule has 1 aromatic carbocycles. The quantitative estimate of drug-likeness (QED) is 0.576. The summed E-state index contributed by atoms with van der Waals surface area (Å²) in [6.45, 7) is 21.4. The summed E-state index contributed by atoms with van der Waals surface area (Å²) in [5.41, 5.74) is 10.9. The first kappa shape index (κ1) is 14.6. The SMILES string of the molecule is CC1=C([Si](C)(C)C)c2c(C)c(C)c(C)c(C)c2C1C. The second-order valence-electron chi connectivity index (χ2n) is 7.32. The van der Waals surface area contributed by atoms with Crippen molar-refractivity contribution in [3.05, 3.63) is 39.0 Å². The smallest absolute Gasteiger partial charge is 0.0662 e. The summed E-state index contributed by atoms with van der Waals surface area (Å²) in [6.07, 6.45) is 0. The van der Waals surface area contributed by atoms with Gasteiger partial charge in [0.1, 0.15) is 0 Å². The van der Waals surface area contributed by atoms with E-state index in [4.69, 9.17) is 0 Å². The largest absolute Gasteiger partial charge is 0.0783 e. The van der Waals surface area contributed by atoms with Crippen LogP contribution in [0.25, 0.3) is 5.20 Å². The molecule has 0 amide bonds. The highest BCUT2D eigenvalue weighted by atomic mass is 28.3. The fraction of sp³-hybridized carbons (Fsp3) is 0.556. The molecule has 1 aliphatic carbocycles. The van der Waals surface area contributed by atoms with Crippen LogP contribution in [0.15, 0.2) is 5.57 Å². The summed E-state index contributed by atoms with van der Waals surface area (Å²) in [5, 5.41) is 1.72. The van der Waals surface area contributed by atoms with Crippen molar-refractivity contribution in [2.75, 3.05) is 0 Å². The highest BCUT2D eigenvalue weighted by molar-refractivity contribution is 6.94. The fourth-order valence-corrected chi connectivity index (χ4v) is 6.27. The molecular formula is C18H28Si. The minimum atomic E-state index is -1.30. The van der Waals surface area contributed by atoms with E-state index in [0.717, 1.165) is 0 Å². The number of rotatable bonds is 1. The molecule has 0 bridgehead atoms. The van der Waals surface area contributed by atoms with Crippen molar-refractivity contribution in [3.63, 3.8) is 0 Å². The lowest BCUT2D eigenvalue weighted by atomic mass is 9.86. The number of allylic oxidation sites excluding steroid dienone is 1. The van der Waals surface area contributed by atoms with Gasteiger partial charge in [0.25, 0.3) is 0 Å². The van der Waals surface area contributed by atoms with Crippen molar-refractivity contribution >= 4 is 13.3 Å². The molecule has 0 fully saturated rings. The van der Waals surface area contributed by atoms with Gasteiger partial charge in [0, 0.05) is 5.92 Å². The molecule has 1 atom stereocenters. The molecule has 0 N–H and O–H groups in total. The third kappa shape index (κ3) is 1.94. The highest BCUT2D eigenvalue weighted by Gasteiger charge is 2.36. The molecular weight excluding hydrogens is 244 g/mol. The number of hydrogen-bond donors (Lipinski definition) is 0. The maximum Gasteiger partial charge on any atom is 0.0783 e. The van der Waals surface area contributed by atoms with Crippen LogP contribution in [-0.4, -0.2) is 8.07 Å². The van der Waals surface area contributed by atoms with E-state index < -0.39 is 8.07 Å². The third-order valence-corrected chi connectivity index (χ3v) is 7.36. The first-order valence-electron chi connectivity index (χ1n) is 7.40. The Kier molecular flexibility index (Phi) is 3.33. The van der Waals surface area contributed by atoms with Crippen LogP contribution in [0.1, 0.15) is 53.1 Å². The van der Waals surface area contributed by atoms with Crippen molar-refractivity contribution in [2.24, 2.45) is 0 Å². The molecule has 1 heteroatoms. The summed E-state index contributed by atoms with van der Waals surface area (Å²) in [6, 6.07) is 0. The van der Waals surface area contributed by atoms with E-state index in [-0.39, 0.29) is 0 Å². The van der Waals surface area contributed by atoms with Crippen LogP contribution in [0.5, 0.6) is 0 Å². The summed E-state index contributed by atoms with van der Waals surface area (Å²) < 4.78 is 0. The second kappa shape index (κ2) is 4.34. The highest BCUT2D eigenvalue weighted by Crippen LogP contribution is 2.49. The monoisotopic (exact) mass is 272 g/mol. The van der Waals surface area contributed by atoms with E-state index in [1.54, 1.807) is 21.9 Å². The molecule has 0 saturated carbocycles. The number of fused-ring (bicyclic) bond motifs is 1. The van der Waals surface area contributed by atoms with Crippen molar-refractivity contribution < 1.29 is 0 Å². The average molecular weight is 273 g/mol. The van der Waals surface area contributed by atoms with E-state index in [1.165, 1.54) is 22.3 Å². The fourth-order valence-electron chi connectivity index (χ4n) is 3.80. The van der Waals surface area contributed by atoms with E-state index in [1.807, 2.05) is 0 Å². The van der Waals surface area contributed by atoms with Crippen LogP contribution in [0.4, 0.5) is 0 Å². The second-order valence-corrected chi connectivity index (χ2v) is 12.3. The van der Waals surface area contributed by atoms with Gasteiger partial charge in [0.05, 0.1) is 8.07 Å². The van der Waals surface area contributed by atoms with Crippen molar-refractivity contribution in [1.29, 1.82) is 0 Å². The summed E-state index contributed by atoms with van der Waals surface area (Å²) >= 11 is 0. The summed E-state index contributed by atoms with van der Waals surface area (Å²) in [4.78, 5) is 0. The van der Waals surface area contributed by atoms with Gasteiger partial charge < -0.3 is 0 Å². The van der Waals surface area contributed by atoms with Crippen LogP contribution in [0, 0.1) is 27.7 Å². The van der Waals surface area contributed by atoms with Gasteiger partial charge in [-0.3, -0.25) is 0 Å². The van der Waals surface area contributed by atoms with Crippen molar-refractivity contribution in [2.45, 2.75) is 67.1 Å². The Labute approximate surface area is 119 Å². The van der Waals surface area contributed by atoms with Gasteiger partial charge >= 0.3 is 0 Å². The van der Waals surface area contributed by atoms with E-state index in [2.05, 4.69) is 61.2 Å². The molecule has 0 saturated heterocycles. The summed E-state index contributed by atoms with van der Waals surface area (Å²) in [5.74, 6) is 0.606. The Morgan fingerprint density at radius 2 is 1.21 bits per heavy atom. The topological polar surface area (TPSA) is 0 Å². The minimum Gasteiger partial charge on any atom is -0.0662 e. The lowest BCUT2D eigenvalue weighted by Crippen LogP contribution is -2.23. The van der Waals surface area contributed by atoms with Gasteiger partial charge in [0.15, 0.2) is 0 Å².